The molecule has 0 aliphatic carbocycles. The van der Waals surface area contributed by atoms with Crippen LogP contribution in [-0.2, 0) is 4.74 Å². The van der Waals surface area contributed by atoms with Gasteiger partial charge < -0.3 is 9.14 Å². The topological polar surface area (TPSA) is 92.6 Å². The lowest BCUT2D eigenvalue weighted by molar-refractivity contribution is 0.0523. The van der Waals surface area contributed by atoms with Gasteiger partial charge in [-0.3, -0.25) is 14.8 Å². The Hall–Kier alpha value is -3.94. The molecule has 3 heterocycles. The molecule has 4 rings (SSSR count). The predicted molar refractivity (Wildman–Crippen MR) is 103 cm³/mol. The zero-order valence-corrected chi connectivity index (χ0v) is 15.1. The molecule has 8 nitrogen and oxygen atoms in total. The average Bonchev–Trinajstić information content (AvgIpc) is 3.38. The van der Waals surface area contributed by atoms with Crippen molar-refractivity contribution >= 4 is 28.9 Å². The molecule has 1 N–H and O–H groups in total. The second-order valence-electron chi connectivity index (χ2n) is 5.93. The largest absolute Gasteiger partial charge is 0.462 e. The molecule has 0 aliphatic heterocycles. The van der Waals surface area contributed by atoms with E-state index in [0.29, 0.717) is 17.0 Å². The Bertz CT molecular complexity index is 1130. The van der Waals surface area contributed by atoms with Gasteiger partial charge in [0.25, 0.3) is 5.91 Å². The molecule has 0 saturated carbocycles. The molecule has 4 aromatic rings. The fourth-order valence-electron chi connectivity index (χ4n) is 2.92. The van der Waals surface area contributed by atoms with Crippen LogP contribution in [0.2, 0.25) is 0 Å². The van der Waals surface area contributed by atoms with Crippen molar-refractivity contribution in [3.05, 3.63) is 78.5 Å². The van der Waals surface area contributed by atoms with E-state index in [0.717, 1.165) is 0 Å². The van der Waals surface area contributed by atoms with E-state index in [-0.39, 0.29) is 17.9 Å². The summed E-state index contributed by atoms with van der Waals surface area (Å²) in [5, 5.41) is 6.50. The van der Waals surface area contributed by atoms with Gasteiger partial charge in [0.2, 0.25) is 0 Å². The summed E-state index contributed by atoms with van der Waals surface area (Å²) in [7, 11) is 0. The minimum absolute atomic E-state index is 0.0607. The van der Waals surface area contributed by atoms with Crippen molar-refractivity contribution < 1.29 is 14.3 Å². The number of pyridine rings is 1. The minimum Gasteiger partial charge on any atom is -0.462 e. The van der Waals surface area contributed by atoms with Crippen LogP contribution in [0.5, 0.6) is 0 Å². The molecule has 0 bridgehead atoms. The van der Waals surface area contributed by atoms with Crippen molar-refractivity contribution in [2.75, 3.05) is 11.5 Å². The Balaban J connectivity index is 1.81. The number of amides is 1. The maximum absolute atomic E-state index is 13.4. The average molecular weight is 375 g/mol. The summed E-state index contributed by atoms with van der Waals surface area (Å²) in [6, 6.07) is 12.8. The van der Waals surface area contributed by atoms with Gasteiger partial charge in [-0.2, -0.15) is 5.10 Å². The number of carbonyl (C=O) groups excluding carboxylic acids is 2. The van der Waals surface area contributed by atoms with E-state index < -0.39 is 11.9 Å². The Morgan fingerprint density at radius 3 is 2.75 bits per heavy atom. The van der Waals surface area contributed by atoms with Crippen molar-refractivity contribution in [1.82, 2.24) is 19.6 Å². The number of H-pyrrole nitrogens is 1. The first-order chi connectivity index (χ1) is 13.7. The molecule has 0 spiro atoms. The third-order valence-electron chi connectivity index (χ3n) is 4.21. The summed E-state index contributed by atoms with van der Waals surface area (Å²) in [6.45, 7) is 1.91. The highest BCUT2D eigenvalue weighted by Gasteiger charge is 2.27. The molecule has 0 unspecified atom stereocenters. The lowest BCUT2D eigenvalue weighted by Gasteiger charge is -2.23. The number of anilines is 2. The number of nitrogens with one attached hydrogen (secondary N) is 1. The van der Waals surface area contributed by atoms with Crippen molar-refractivity contribution in [1.29, 1.82) is 0 Å². The highest BCUT2D eigenvalue weighted by Crippen LogP contribution is 2.28. The molecule has 0 saturated heterocycles. The Kier molecular flexibility index (Phi) is 4.59. The fraction of sp³-hybridized carbons (Fsp3) is 0.100. The van der Waals surface area contributed by atoms with Gasteiger partial charge in [-0.25, -0.2) is 9.78 Å². The van der Waals surface area contributed by atoms with Gasteiger partial charge in [-0.1, -0.05) is 18.2 Å². The smallest absolute Gasteiger partial charge is 0.342 e. The van der Waals surface area contributed by atoms with Gasteiger partial charge in [-0.05, 0) is 25.1 Å². The van der Waals surface area contributed by atoms with Crippen LogP contribution in [0.3, 0.4) is 0 Å². The highest BCUT2D eigenvalue weighted by atomic mass is 16.5. The van der Waals surface area contributed by atoms with Crippen LogP contribution in [0.4, 0.5) is 11.4 Å². The summed E-state index contributed by atoms with van der Waals surface area (Å²) in [4.78, 5) is 31.4. The van der Waals surface area contributed by atoms with Gasteiger partial charge >= 0.3 is 5.97 Å². The van der Waals surface area contributed by atoms with Crippen molar-refractivity contribution in [3.8, 4) is 0 Å². The van der Waals surface area contributed by atoms with Gasteiger partial charge in [-0.15, -0.1) is 0 Å². The third kappa shape index (κ3) is 3.11. The molecular weight excluding hydrogens is 358 g/mol. The molecule has 0 atom stereocenters. The monoisotopic (exact) mass is 375 g/mol. The normalized spacial score (nSPS) is 10.8. The predicted octanol–water partition coefficient (Wildman–Crippen LogP) is 3.21. The maximum atomic E-state index is 13.4. The lowest BCUT2D eigenvalue weighted by atomic mass is 10.2. The number of ether oxygens (including phenoxy) is 1. The van der Waals surface area contributed by atoms with Crippen LogP contribution in [0.25, 0.3) is 5.65 Å². The summed E-state index contributed by atoms with van der Waals surface area (Å²) in [5.74, 6) is -1.03. The first-order valence-corrected chi connectivity index (χ1v) is 8.71. The summed E-state index contributed by atoms with van der Waals surface area (Å²) < 4.78 is 6.88. The summed E-state index contributed by atoms with van der Waals surface area (Å²) >= 11 is 0. The van der Waals surface area contributed by atoms with Crippen LogP contribution >= 0.6 is 0 Å². The molecule has 1 aromatic carbocycles. The first-order valence-electron chi connectivity index (χ1n) is 8.71. The van der Waals surface area contributed by atoms with Crippen LogP contribution in [0, 0.1) is 0 Å². The number of carbonyl (C=O) groups is 2. The van der Waals surface area contributed by atoms with E-state index in [4.69, 9.17) is 4.74 Å². The Morgan fingerprint density at radius 2 is 1.96 bits per heavy atom. The zero-order valence-electron chi connectivity index (χ0n) is 15.1. The van der Waals surface area contributed by atoms with Gasteiger partial charge in [0.15, 0.2) is 0 Å². The SMILES string of the molecule is CCOC(=O)c1cn[nH]c1C(=O)N(c1ccccc1)c1ccn2ccnc2c1. The number of fused-ring (bicyclic) bond motifs is 1. The van der Waals surface area contributed by atoms with Gasteiger partial charge in [0, 0.05) is 30.3 Å². The molecule has 0 aliphatic rings. The number of imidazole rings is 1. The number of aromatic nitrogens is 4. The fourth-order valence-corrected chi connectivity index (χ4v) is 2.92. The number of hydrogen-bond acceptors (Lipinski definition) is 5. The molecule has 140 valence electrons. The highest BCUT2D eigenvalue weighted by molar-refractivity contribution is 6.14. The lowest BCUT2D eigenvalue weighted by Crippen LogP contribution is -2.28. The number of benzene rings is 1. The maximum Gasteiger partial charge on any atom is 0.342 e. The molecular formula is C20H17N5O3. The standard InChI is InChI=1S/C20H17N5O3/c1-2-28-20(27)16-13-22-23-18(16)19(26)25(14-6-4-3-5-7-14)15-8-10-24-11-9-21-17(24)12-15/h3-13H,2H2,1H3,(H,22,23). The van der Waals surface area contributed by atoms with E-state index in [1.807, 2.05) is 47.1 Å². The van der Waals surface area contributed by atoms with Gasteiger partial charge in [0.1, 0.15) is 16.9 Å². The van der Waals surface area contributed by atoms with E-state index >= 15 is 0 Å². The van der Waals surface area contributed by atoms with E-state index in [1.54, 1.807) is 25.3 Å². The second-order valence-corrected chi connectivity index (χ2v) is 5.93. The molecule has 0 radical (unpaired) electrons. The van der Waals surface area contributed by atoms with Crippen molar-refractivity contribution in [3.63, 3.8) is 0 Å². The van der Waals surface area contributed by atoms with E-state index in [9.17, 15) is 9.59 Å². The molecule has 3 aromatic heterocycles. The first kappa shape index (κ1) is 17.5. The zero-order chi connectivity index (χ0) is 19.5. The summed E-state index contributed by atoms with van der Waals surface area (Å²) in [6.07, 6.45) is 6.62. The van der Waals surface area contributed by atoms with Crippen molar-refractivity contribution in [2.24, 2.45) is 0 Å². The number of esters is 1. The second kappa shape index (κ2) is 7.36. The van der Waals surface area contributed by atoms with E-state index in [2.05, 4.69) is 15.2 Å². The number of aromatic amines is 1. The molecule has 28 heavy (non-hydrogen) atoms. The van der Waals surface area contributed by atoms with Crippen LogP contribution in [0.15, 0.2) is 67.3 Å². The summed E-state index contributed by atoms with van der Waals surface area (Å²) in [5.41, 5.74) is 2.11. The molecule has 8 heteroatoms. The Morgan fingerprint density at radius 1 is 1.14 bits per heavy atom. The Labute approximate surface area is 160 Å². The van der Waals surface area contributed by atoms with Crippen LogP contribution in [-0.4, -0.2) is 38.1 Å². The number of para-hydroxylation sites is 1. The van der Waals surface area contributed by atoms with Crippen LogP contribution in [0.1, 0.15) is 27.8 Å². The quantitative estimate of drug-likeness (QED) is 0.541. The number of hydrogen-bond donors (Lipinski definition) is 1. The number of rotatable bonds is 5. The number of nitrogens with zero attached hydrogens (tertiary/aromatic N) is 4. The molecule has 1 amide bonds. The van der Waals surface area contributed by atoms with Crippen molar-refractivity contribution in [2.45, 2.75) is 6.92 Å². The van der Waals surface area contributed by atoms with Crippen LogP contribution < -0.4 is 4.90 Å². The third-order valence-corrected chi connectivity index (χ3v) is 4.21. The van der Waals surface area contributed by atoms with E-state index in [1.165, 1.54) is 11.1 Å². The molecule has 0 fully saturated rings. The minimum atomic E-state index is -0.601. The van der Waals surface area contributed by atoms with Gasteiger partial charge in [0.05, 0.1) is 18.5 Å².